The van der Waals surface area contributed by atoms with Crippen LogP contribution in [0.4, 0.5) is 0 Å². The zero-order valence-electron chi connectivity index (χ0n) is 19.2. The van der Waals surface area contributed by atoms with Gasteiger partial charge in [-0.05, 0) is 44.2 Å². The number of piperazine rings is 1. The second-order valence-electron chi connectivity index (χ2n) is 8.04. The molecule has 2 aromatic carbocycles. The van der Waals surface area contributed by atoms with Crippen molar-refractivity contribution in [3.63, 3.8) is 0 Å². The minimum atomic E-state index is 0.0563. The van der Waals surface area contributed by atoms with Crippen LogP contribution in [0, 0.1) is 13.8 Å². The van der Waals surface area contributed by atoms with Crippen LogP contribution in [-0.2, 0) is 6.54 Å². The number of hydrogen-bond acceptors (Lipinski definition) is 5. The van der Waals surface area contributed by atoms with Crippen molar-refractivity contribution in [3.8, 4) is 17.2 Å². The second kappa shape index (κ2) is 9.44. The molecule has 0 saturated carbocycles. The van der Waals surface area contributed by atoms with E-state index in [0.29, 0.717) is 18.7 Å². The summed E-state index contributed by atoms with van der Waals surface area (Å²) in [6, 6.07) is 15.8. The van der Waals surface area contributed by atoms with Crippen LogP contribution < -0.4 is 9.47 Å². The first kappa shape index (κ1) is 21.9. The number of amides is 1. The summed E-state index contributed by atoms with van der Waals surface area (Å²) in [5.74, 6) is 1.72. The monoisotopic (exact) mass is 434 g/mol. The molecule has 0 radical (unpaired) electrons. The van der Waals surface area contributed by atoms with Crippen molar-refractivity contribution in [2.24, 2.45) is 0 Å². The lowest BCUT2D eigenvalue weighted by molar-refractivity contribution is 0.0626. The lowest BCUT2D eigenvalue weighted by Gasteiger charge is -2.35. The molecule has 1 saturated heterocycles. The maximum absolute atomic E-state index is 13.4. The van der Waals surface area contributed by atoms with Gasteiger partial charge in [-0.1, -0.05) is 18.2 Å². The molecule has 3 aromatic rings. The van der Waals surface area contributed by atoms with Crippen LogP contribution in [0.3, 0.4) is 0 Å². The van der Waals surface area contributed by atoms with Gasteiger partial charge in [0, 0.05) is 38.3 Å². The van der Waals surface area contributed by atoms with Crippen molar-refractivity contribution in [2.45, 2.75) is 20.4 Å². The van der Waals surface area contributed by atoms with Crippen molar-refractivity contribution in [2.75, 3.05) is 40.4 Å². The van der Waals surface area contributed by atoms with Crippen LogP contribution >= 0.6 is 0 Å². The molecule has 1 aliphatic rings. The molecule has 2 heterocycles. The number of methoxy groups -OCH3 is 2. The van der Waals surface area contributed by atoms with Gasteiger partial charge < -0.3 is 14.4 Å². The third-order valence-electron chi connectivity index (χ3n) is 6.05. The number of benzene rings is 2. The summed E-state index contributed by atoms with van der Waals surface area (Å²) >= 11 is 0. The zero-order valence-corrected chi connectivity index (χ0v) is 19.2. The van der Waals surface area contributed by atoms with E-state index in [1.54, 1.807) is 14.2 Å². The Morgan fingerprint density at radius 3 is 2.34 bits per heavy atom. The molecule has 0 unspecified atom stereocenters. The molecule has 1 aliphatic heterocycles. The number of rotatable bonds is 6. The average molecular weight is 435 g/mol. The van der Waals surface area contributed by atoms with Gasteiger partial charge in [-0.15, -0.1) is 0 Å². The number of carbonyl (C=O) groups is 1. The largest absolute Gasteiger partial charge is 0.497 e. The molecule has 7 nitrogen and oxygen atoms in total. The molecule has 32 heavy (non-hydrogen) atoms. The van der Waals surface area contributed by atoms with Gasteiger partial charge in [-0.2, -0.15) is 5.10 Å². The highest BCUT2D eigenvalue weighted by Gasteiger charge is 2.27. The summed E-state index contributed by atoms with van der Waals surface area (Å²) in [7, 11) is 3.35. The van der Waals surface area contributed by atoms with E-state index in [1.807, 2.05) is 72.0 Å². The SMILES string of the molecule is COc1ccc(OC)c(CN2CCN(C(=O)c3c(C)nn(-c4ccccc4)c3C)CC2)c1. The smallest absolute Gasteiger partial charge is 0.257 e. The van der Waals surface area contributed by atoms with E-state index in [1.165, 1.54) is 0 Å². The molecule has 0 atom stereocenters. The second-order valence-corrected chi connectivity index (χ2v) is 8.04. The van der Waals surface area contributed by atoms with Crippen molar-refractivity contribution in [1.29, 1.82) is 0 Å². The molecule has 0 bridgehead atoms. The van der Waals surface area contributed by atoms with Gasteiger partial charge in [-0.3, -0.25) is 9.69 Å². The average Bonchev–Trinajstić information content (AvgIpc) is 3.13. The molecular formula is C25H30N4O3. The van der Waals surface area contributed by atoms with E-state index >= 15 is 0 Å². The third kappa shape index (κ3) is 4.34. The Morgan fingerprint density at radius 2 is 1.69 bits per heavy atom. The van der Waals surface area contributed by atoms with Gasteiger partial charge in [0.05, 0.1) is 36.9 Å². The molecule has 1 aromatic heterocycles. The van der Waals surface area contributed by atoms with E-state index in [4.69, 9.17) is 9.47 Å². The number of ether oxygens (including phenoxy) is 2. The topological polar surface area (TPSA) is 59.8 Å². The van der Waals surface area contributed by atoms with E-state index in [-0.39, 0.29) is 5.91 Å². The van der Waals surface area contributed by atoms with Crippen molar-refractivity contribution < 1.29 is 14.3 Å². The van der Waals surface area contributed by atoms with Gasteiger partial charge in [0.15, 0.2) is 0 Å². The number of aromatic nitrogens is 2. The van der Waals surface area contributed by atoms with Crippen LogP contribution in [0.25, 0.3) is 5.69 Å². The van der Waals surface area contributed by atoms with E-state index in [0.717, 1.165) is 53.8 Å². The number of nitrogens with zero attached hydrogens (tertiary/aromatic N) is 4. The van der Waals surface area contributed by atoms with Gasteiger partial charge in [0.1, 0.15) is 11.5 Å². The first-order chi connectivity index (χ1) is 15.5. The molecule has 7 heteroatoms. The van der Waals surface area contributed by atoms with Gasteiger partial charge in [0.25, 0.3) is 5.91 Å². The molecule has 1 fully saturated rings. The Balaban J connectivity index is 1.44. The molecule has 0 aliphatic carbocycles. The minimum Gasteiger partial charge on any atom is -0.497 e. The van der Waals surface area contributed by atoms with Crippen molar-refractivity contribution >= 4 is 5.91 Å². The van der Waals surface area contributed by atoms with Crippen LogP contribution in [0.15, 0.2) is 48.5 Å². The molecule has 0 spiro atoms. The van der Waals surface area contributed by atoms with Crippen LogP contribution in [0.2, 0.25) is 0 Å². The standard InChI is InChI=1S/C25H30N4O3/c1-18-24(19(2)29(26-18)21-8-6-5-7-9-21)25(30)28-14-12-27(13-15-28)17-20-16-22(31-3)10-11-23(20)32-4/h5-11,16H,12-15,17H2,1-4H3. The lowest BCUT2D eigenvalue weighted by atomic mass is 10.1. The van der Waals surface area contributed by atoms with Crippen LogP contribution in [0.5, 0.6) is 11.5 Å². The minimum absolute atomic E-state index is 0.0563. The molecule has 4 rings (SSSR count). The Kier molecular flexibility index (Phi) is 6.46. The lowest BCUT2D eigenvalue weighted by Crippen LogP contribution is -2.48. The Hall–Kier alpha value is -3.32. The summed E-state index contributed by atoms with van der Waals surface area (Å²) < 4.78 is 12.7. The fourth-order valence-electron chi connectivity index (χ4n) is 4.29. The summed E-state index contributed by atoms with van der Waals surface area (Å²) in [5.41, 5.74) is 4.39. The summed E-state index contributed by atoms with van der Waals surface area (Å²) in [6.45, 7) is 7.60. The molecule has 1 amide bonds. The Morgan fingerprint density at radius 1 is 0.969 bits per heavy atom. The van der Waals surface area contributed by atoms with E-state index in [2.05, 4.69) is 10.00 Å². The van der Waals surface area contributed by atoms with E-state index < -0.39 is 0 Å². The van der Waals surface area contributed by atoms with Gasteiger partial charge in [-0.25, -0.2) is 4.68 Å². The normalized spacial score (nSPS) is 14.4. The maximum atomic E-state index is 13.4. The quantitative estimate of drug-likeness (QED) is 0.595. The highest BCUT2D eigenvalue weighted by molar-refractivity contribution is 5.96. The fourth-order valence-corrected chi connectivity index (χ4v) is 4.29. The first-order valence-electron chi connectivity index (χ1n) is 10.9. The number of para-hydroxylation sites is 1. The van der Waals surface area contributed by atoms with Crippen molar-refractivity contribution in [3.05, 3.63) is 71.0 Å². The summed E-state index contributed by atoms with van der Waals surface area (Å²) in [6.07, 6.45) is 0. The van der Waals surface area contributed by atoms with E-state index in [9.17, 15) is 4.79 Å². The number of carbonyl (C=O) groups excluding carboxylic acids is 1. The van der Waals surface area contributed by atoms with Crippen molar-refractivity contribution in [1.82, 2.24) is 19.6 Å². The number of aryl methyl sites for hydroxylation is 1. The fraction of sp³-hybridized carbons (Fsp3) is 0.360. The first-order valence-corrected chi connectivity index (χ1v) is 10.9. The molecule has 168 valence electrons. The van der Waals surface area contributed by atoms with Crippen LogP contribution in [-0.4, -0.2) is 65.9 Å². The predicted molar refractivity (Wildman–Crippen MR) is 124 cm³/mol. The zero-order chi connectivity index (χ0) is 22.7. The predicted octanol–water partition coefficient (Wildman–Crippen LogP) is 3.46. The van der Waals surface area contributed by atoms with Gasteiger partial charge >= 0.3 is 0 Å². The third-order valence-corrected chi connectivity index (χ3v) is 6.05. The highest BCUT2D eigenvalue weighted by atomic mass is 16.5. The molecular weight excluding hydrogens is 404 g/mol. The Labute approximate surface area is 189 Å². The van der Waals surface area contributed by atoms with Gasteiger partial charge in [0.2, 0.25) is 0 Å². The molecule has 0 N–H and O–H groups in total. The number of hydrogen-bond donors (Lipinski definition) is 0. The van der Waals surface area contributed by atoms with Crippen LogP contribution in [0.1, 0.15) is 27.3 Å². The highest BCUT2D eigenvalue weighted by Crippen LogP contribution is 2.26. The maximum Gasteiger partial charge on any atom is 0.257 e. The summed E-state index contributed by atoms with van der Waals surface area (Å²) in [5, 5.41) is 4.64. The summed E-state index contributed by atoms with van der Waals surface area (Å²) in [4.78, 5) is 17.6. The Bertz CT molecular complexity index is 1090.